The van der Waals surface area contributed by atoms with Crippen LogP contribution in [0.4, 0.5) is 10.1 Å². The Balaban J connectivity index is 2.19. The molecular weight excluding hydrogens is 277 g/mol. The fourth-order valence-electron chi connectivity index (χ4n) is 1.82. The minimum atomic E-state index is -1.23. The minimum absolute atomic E-state index is 0.183. The second kappa shape index (κ2) is 6.05. The van der Waals surface area contributed by atoms with Gasteiger partial charge in [0.2, 0.25) is 0 Å². The number of hydrogen-bond acceptors (Lipinski definition) is 3. The molecule has 106 valence electrons. The molecule has 0 aliphatic heterocycles. The molecule has 1 unspecified atom stereocenters. The van der Waals surface area contributed by atoms with Gasteiger partial charge in [-0.3, -0.25) is 4.21 Å². The molecule has 0 amide bonds. The van der Waals surface area contributed by atoms with Gasteiger partial charge in [0.25, 0.3) is 0 Å². The van der Waals surface area contributed by atoms with Crippen LogP contribution in [0, 0.1) is 12.7 Å². The zero-order valence-electron chi connectivity index (χ0n) is 11.4. The highest BCUT2D eigenvalue weighted by Gasteiger charge is 2.09. The maximum atomic E-state index is 13.6. The average molecular weight is 293 g/mol. The van der Waals surface area contributed by atoms with Crippen LogP contribution in [-0.4, -0.2) is 11.3 Å². The van der Waals surface area contributed by atoms with Crippen molar-refractivity contribution in [2.75, 3.05) is 12.8 Å². The van der Waals surface area contributed by atoms with E-state index in [4.69, 9.17) is 10.5 Å². The van der Waals surface area contributed by atoms with Crippen molar-refractivity contribution in [2.45, 2.75) is 17.6 Å². The van der Waals surface area contributed by atoms with Crippen LogP contribution in [0.5, 0.6) is 5.75 Å². The summed E-state index contributed by atoms with van der Waals surface area (Å²) in [4.78, 5) is 0.688. The van der Waals surface area contributed by atoms with Crippen molar-refractivity contribution in [3.05, 3.63) is 53.3 Å². The van der Waals surface area contributed by atoms with Crippen LogP contribution in [-0.2, 0) is 16.6 Å². The Bertz CT molecular complexity index is 658. The molecule has 0 aromatic heterocycles. The van der Waals surface area contributed by atoms with Gasteiger partial charge in [-0.15, -0.1) is 0 Å². The predicted molar refractivity (Wildman–Crippen MR) is 78.7 cm³/mol. The third-order valence-corrected chi connectivity index (χ3v) is 4.39. The fourth-order valence-corrected chi connectivity index (χ4v) is 3.00. The number of rotatable bonds is 4. The summed E-state index contributed by atoms with van der Waals surface area (Å²) in [7, 11) is 0.177. The van der Waals surface area contributed by atoms with Crippen LogP contribution >= 0.6 is 0 Å². The molecule has 20 heavy (non-hydrogen) atoms. The first-order valence-corrected chi connectivity index (χ1v) is 7.40. The van der Waals surface area contributed by atoms with Gasteiger partial charge in [0.1, 0.15) is 0 Å². The van der Waals surface area contributed by atoms with Crippen LogP contribution in [0.1, 0.15) is 11.1 Å². The van der Waals surface area contributed by atoms with Gasteiger partial charge in [-0.25, -0.2) is 4.39 Å². The maximum Gasteiger partial charge on any atom is 0.165 e. The molecule has 2 N–H and O–H groups in total. The molecule has 0 spiro atoms. The van der Waals surface area contributed by atoms with E-state index in [-0.39, 0.29) is 11.5 Å². The van der Waals surface area contributed by atoms with E-state index in [9.17, 15) is 8.60 Å². The molecule has 2 aromatic rings. The van der Waals surface area contributed by atoms with E-state index in [1.165, 1.54) is 19.2 Å². The van der Waals surface area contributed by atoms with E-state index in [1.54, 1.807) is 24.3 Å². The molecule has 1 atom stereocenters. The van der Waals surface area contributed by atoms with Crippen LogP contribution in [0.25, 0.3) is 0 Å². The first-order valence-electron chi connectivity index (χ1n) is 6.08. The largest absolute Gasteiger partial charge is 0.494 e. The highest BCUT2D eigenvalue weighted by Crippen LogP contribution is 2.21. The molecule has 0 saturated carbocycles. The number of halogens is 1. The number of benzene rings is 2. The highest BCUT2D eigenvalue weighted by atomic mass is 32.2. The number of hydrogen-bond donors (Lipinski definition) is 1. The van der Waals surface area contributed by atoms with E-state index < -0.39 is 16.6 Å². The molecule has 0 aliphatic rings. The van der Waals surface area contributed by atoms with Crippen molar-refractivity contribution >= 4 is 16.5 Å². The van der Waals surface area contributed by atoms with Gasteiger partial charge < -0.3 is 10.5 Å². The van der Waals surface area contributed by atoms with Gasteiger partial charge >= 0.3 is 0 Å². The number of methoxy groups -OCH3 is 1. The number of aryl methyl sites for hydroxylation is 1. The molecule has 2 rings (SSSR count). The van der Waals surface area contributed by atoms with Gasteiger partial charge in [-0.2, -0.15) is 0 Å². The predicted octanol–water partition coefficient (Wildman–Crippen LogP) is 3.03. The normalized spacial score (nSPS) is 12.2. The first-order chi connectivity index (χ1) is 9.51. The molecule has 0 bridgehead atoms. The van der Waals surface area contributed by atoms with Crippen LogP contribution in [0.15, 0.2) is 41.3 Å². The van der Waals surface area contributed by atoms with E-state index in [1.807, 2.05) is 6.92 Å². The summed E-state index contributed by atoms with van der Waals surface area (Å²) in [6, 6.07) is 9.86. The van der Waals surface area contributed by atoms with Crippen molar-refractivity contribution in [3.8, 4) is 5.75 Å². The van der Waals surface area contributed by atoms with Gasteiger partial charge in [-0.05, 0) is 48.4 Å². The Morgan fingerprint density at radius 3 is 2.60 bits per heavy atom. The van der Waals surface area contributed by atoms with Crippen molar-refractivity contribution in [1.82, 2.24) is 0 Å². The van der Waals surface area contributed by atoms with E-state index in [0.717, 1.165) is 5.56 Å². The van der Waals surface area contributed by atoms with Crippen LogP contribution in [0.3, 0.4) is 0 Å². The lowest BCUT2D eigenvalue weighted by Crippen LogP contribution is -1.99. The van der Waals surface area contributed by atoms with E-state index in [2.05, 4.69) is 0 Å². The van der Waals surface area contributed by atoms with Crippen molar-refractivity contribution in [3.63, 3.8) is 0 Å². The van der Waals surface area contributed by atoms with Crippen molar-refractivity contribution in [1.29, 1.82) is 0 Å². The van der Waals surface area contributed by atoms with Gasteiger partial charge in [0.15, 0.2) is 11.6 Å². The number of nitrogens with two attached hydrogens (primary N) is 1. The maximum absolute atomic E-state index is 13.6. The molecular formula is C15H16FNO2S. The lowest BCUT2D eigenvalue weighted by molar-refractivity contribution is 0.386. The first kappa shape index (κ1) is 14.5. The summed E-state index contributed by atoms with van der Waals surface area (Å²) in [5, 5.41) is 0. The summed E-state index contributed by atoms with van der Waals surface area (Å²) in [6.45, 7) is 1.86. The lowest BCUT2D eigenvalue weighted by Gasteiger charge is -2.07. The van der Waals surface area contributed by atoms with Gasteiger partial charge in [-0.1, -0.05) is 6.07 Å². The topological polar surface area (TPSA) is 52.3 Å². The molecule has 0 heterocycles. The van der Waals surface area contributed by atoms with Crippen LogP contribution in [0.2, 0.25) is 0 Å². The Kier molecular flexibility index (Phi) is 4.39. The van der Waals surface area contributed by atoms with E-state index in [0.29, 0.717) is 16.1 Å². The zero-order valence-corrected chi connectivity index (χ0v) is 12.2. The van der Waals surface area contributed by atoms with E-state index >= 15 is 0 Å². The van der Waals surface area contributed by atoms with Crippen molar-refractivity contribution in [2.24, 2.45) is 0 Å². The summed E-state index contributed by atoms with van der Waals surface area (Å²) in [5.74, 6) is -0.0112. The van der Waals surface area contributed by atoms with Crippen LogP contribution < -0.4 is 10.5 Å². The molecule has 0 aliphatic carbocycles. The molecule has 0 radical (unpaired) electrons. The fraction of sp³-hybridized carbons (Fsp3) is 0.200. The number of ether oxygens (including phenoxy) is 1. The molecule has 3 nitrogen and oxygen atoms in total. The number of nitrogen functional groups attached to an aromatic ring is 1. The third kappa shape index (κ3) is 3.17. The zero-order chi connectivity index (χ0) is 14.7. The lowest BCUT2D eigenvalue weighted by atomic mass is 10.2. The van der Waals surface area contributed by atoms with Gasteiger partial charge in [0.05, 0.1) is 23.7 Å². The SMILES string of the molecule is COc1ccc(CS(=O)c2ccc(N)c(C)c2)cc1F. The highest BCUT2D eigenvalue weighted by molar-refractivity contribution is 7.84. The summed E-state index contributed by atoms with van der Waals surface area (Å²) >= 11 is 0. The number of anilines is 1. The third-order valence-electron chi connectivity index (χ3n) is 3.02. The Morgan fingerprint density at radius 1 is 1.25 bits per heavy atom. The Morgan fingerprint density at radius 2 is 2.00 bits per heavy atom. The monoisotopic (exact) mass is 293 g/mol. The summed E-state index contributed by atoms with van der Waals surface area (Å²) in [6.07, 6.45) is 0. The summed E-state index contributed by atoms with van der Waals surface area (Å²) < 4.78 is 30.7. The molecule has 0 saturated heterocycles. The molecule has 2 aromatic carbocycles. The quantitative estimate of drug-likeness (QED) is 0.882. The smallest absolute Gasteiger partial charge is 0.165 e. The Labute approximate surface area is 120 Å². The van der Waals surface area contributed by atoms with Gasteiger partial charge in [0, 0.05) is 10.6 Å². The second-order valence-electron chi connectivity index (χ2n) is 4.48. The van der Waals surface area contributed by atoms with Crippen molar-refractivity contribution < 1.29 is 13.3 Å². The second-order valence-corrected chi connectivity index (χ2v) is 5.93. The standard InChI is InChI=1S/C15H16FNO2S/c1-10-7-12(4-5-14(10)17)20(18)9-11-3-6-15(19-2)13(16)8-11/h3-8H,9,17H2,1-2H3. The molecule has 5 heteroatoms. The Hall–Kier alpha value is -1.88. The average Bonchev–Trinajstić information content (AvgIpc) is 2.42. The summed E-state index contributed by atoms with van der Waals surface area (Å²) in [5.41, 5.74) is 7.95. The molecule has 0 fully saturated rings. The minimum Gasteiger partial charge on any atom is -0.494 e.